The second kappa shape index (κ2) is 13.0. The lowest BCUT2D eigenvalue weighted by molar-refractivity contribution is -0.135. The van der Waals surface area contributed by atoms with Crippen molar-refractivity contribution in [1.82, 2.24) is 15.1 Å². The van der Waals surface area contributed by atoms with Crippen molar-refractivity contribution in [2.24, 2.45) is 0 Å². The second-order valence-corrected chi connectivity index (χ2v) is 12.0. The first-order chi connectivity index (χ1) is 24.9. The standard InChI is InChI=1S/C34H38BrN5O5/c1-18-11-19(2)13-23(12-18)45-29-15-24-26(16-27(29)37-33(43)25-14-20(3)21(4)22(5)31(25)35)36-34(44)28(38-32(24)42)17-30(41)40-9-7-39(6)8-10-40/h11-16,28H,7-10,17H2,1-6H3,(H,36,44)(H,37,43)(H,38,42)/t28-/m0/s1/i3D3,4D3,5D3. The summed E-state index contributed by atoms with van der Waals surface area (Å²) in [5, 5.41) is 7.83. The number of benzene rings is 3. The van der Waals surface area contributed by atoms with Crippen LogP contribution in [-0.2, 0) is 9.59 Å². The fourth-order valence-corrected chi connectivity index (χ4v) is 5.70. The normalized spacial score (nSPS) is 20.6. The van der Waals surface area contributed by atoms with Crippen molar-refractivity contribution >= 4 is 50.9 Å². The molecule has 2 aliphatic heterocycles. The third kappa shape index (κ3) is 7.04. The summed E-state index contributed by atoms with van der Waals surface area (Å²) in [4.78, 5) is 57.9. The fraction of sp³-hybridized carbons (Fsp3) is 0.353. The van der Waals surface area contributed by atoms with Crippen LogP contribution in [0.15, 0.2) is 40.9 Å². The summed E-state index contributed by atoms with van der Waals surface area (Å²) >= 11 is 3.08. The molecule has 1 atom stereocenters. The molecule has 1 fully saturated rings. The summed E-state index contributed by atoms with van der Waals surface area (Å²) in [6.07, 6.45) is -0.303. The number of carbonyl (C=O) groups excluding carboxylic acids is 4. The second-order valence-electron chi connectivity index (χ2n) is 11.2. The Labute approximate surface area is 284 Å². The lowest BCUT2D eigenvalue weighted by Gasteiger charge is -2.33. The van der Waals surface area contributed by atoms with E-state index in [0.717, 1.165) is 17.2 Å². The Morgan fingerprint density at radius 1 is 1.00 bits per heavy atom. The molecule has 3 aromatic carbocycles. The topological polar surface area (TPSA) is 120 Å². The van der Waals surface area contributed by atoms with Crippen LogP contribution in [0.3, 0.4) is 0 Å². The smallest absolute Gasteiger partial charge is 0.256 e. The Morgan fingerprint density at radius 2 is 1.71 bits per heavy atom. The number of hydrogen-bond donors (Lipinski definition) is 3. The number of ether oxygens (including phenoxy) is 1. The number of likely N-dealkylation sites (N-methyl/N-ethyl adjacent to an activating group) is 1. The number of piperazine rings is 1. The number of carbonyl (C=O) groups is 4. The Bertz CT molecular complexity index is 2010. The number of fused-ring (bicyclic) bond motifs is 1. The molecule has 3 N–H and O–H groups in total. The zero-order valence-corrected chi connectivity index (χ0v) is 26.5. The average Bonchev–Trinajstić information content (AvgIpc) is 3.13. The zero-order chi connectivity index (χ0) is 40.1. The van der Waals surface area contributed by atoms with Gasteiger partial charge in [-0.15, -0.1) is 0 Å². The van der Waals surface area contributed by atoms with Gasteiger partial charge in [-0.2, -0.15) is 0 Å². The van der Waals surface area contributed by atoms with Gasteiger partial charge in [-0.3, -0.25) is 19.2 Å². The summed E-state index contributed by atoms with van der Waals surface area (Å²) in [5.41, 5.74) is -1.75. The van der Waals surface area contributed by atoms with Crippen LogP contribution in [0.25, 0.3) is 0 Å². The fourth-order valence-electron chi connectivity index (χ4n) is 5.21. The van der Waals surface area contributed by atoms with Crippen molar-refractivity contribution < 1.29 is 36.3 Å². The van der Waals surface area contributed by atoms with Crippen LogP contribution in [0.2, 0.25) is 0 Å². The van der Waals surface area contributed by atoms with E-state index in [1.807, 2.05) is 27.0 Å². The average molecular weight is 686 g/mol. The Hall–Kier alpha value is -4.22. The van der Waals surface area contributed by atoms with Crippen LogP contribution < -0.4 is 20.7 Å². The molecule has 0 aromatic heterocycles. The van der Waals surface area contributed by atoms with Crippen molar-refractivity contribution in [3.63, 3.8) is 0 Å². The SMILES string of the molecule is [2H]C([2H])([2H])c1cc(C(=O)Nc2cc3c(cc2Oc2cc(C)cc(C)c2)C(=O)N[C@@H](CC(=O)N2CCN(C)CC2)C(=O)N3)c(Br)c(C([2H])([2H])[2H])c1C([2H])([2H])[2H]. The van der Waals surface area contributed by atoms with E-state index in [4.69, 9.17) is 17.1 Å². The number of nitrogens with zero attached hydrogens (tertiary/aromatic N) is 2. The molecule has 11 heteroatoms. The number of anilines is 2. The zero-order valence-electron chi connectivity index (χ0n) is 33.9. The van der Waals surface area contributed by atoms with Crippen LogP contribution in [0.4, 0.5) is 11.4 Å². The lowest BCUT2D eigenvalue weighted by atomic mass is 10.00. The van der Waals surface area contributed by atoms with Crippen molar-refractivity contribution in [3.05, 3.63) is 79.8 Å². The quantitative estimate of drug-likeness (QED) is 0.326. The molecule has 3 aromatic rings. The molecule has 0 aliphatic carbocycles. The van der Waals surface area contributed by atoms with E-state index >= 15 is 0 Å². The van der Waals surface area contributed by atoms with Gasteiger partial charge in [-0.1, -0.05) is 6.07 Å². The molecular weight excluding hydrogens is 638 g/mol. The van der Waals surface area contributed by atoms with E-state index in [1.165, 1.54) is 12.1 Å². The summed E-state index contributed by atoms with van der Waals surface area (Å²) in [6.45, 7) is -3.56. The van der Waals surface area contributed by atoms with Crippen LogP contribution in [-0.4, -0.2) is 72.7 Å². The summed E-state index contributed by atoms with van der Waals surface area (Å²) in [7, 11) is 1.94. The Balaban J connectivity index is 1.58. The Kier molecular flexibility index (Phi) is 6.46. The molecule has 236 valence electrons. The summed E-state index contributed by atoms with van der Waals surface area (Å²) < 4.78 is 78.1. The van der Waals surface area contributed by atoms with E-state index in [0.29, 0.717) is 31.9 Å². The maximum absolute atomic E-state index is 14.1. The minimum atomic E-state index is -3.18. The van der Waals surface area contributed by atoms with Crippen LogP contribution in [0.1, 0.15) is 67.3 Å². The first kappa shape index (κ1) is 22.3. The van der Waals surface area contributed by atoms with Gasteiger partial charge in [0.05, 0.1) is 28.9 Å². The predicted molar refractivity (Wildman–Crippen MR) is 177 cm³/mol. The van der Waals surface area contributed by atoms with Crippen LogP contribution in [0.5, 0.6) is 11.5 Å². The molecule has 5 rings (SSSR count). The van der Waals surface area contributed by atoms with Crippen molar-refractivity contribution in [3.8, 4) is 11.5 Å². The number of amides is 4. The largest absolute Gasteiger partial charge is 0.455 e. The number of hydrogen-bond acceptors (Lipinski definition) is 6. The monoisotopic (exact) mass is 684 g/mol. The molecule has 45 heavy (non-hydrogen) atoms. The van der Waals surface area contributed by atoms with Gasteiger partial charge in [-0.25, -0.2) is 0 Å². The first-order valence-corrected chi connectivity index (χ1v) is 14.9. The molecule has 0 spiro atoms. The maximum atomic E-state index is 14.1. The third-order valence-corrected chi connectivity index (χ3v) is 8.48. The van der Waals surface area contributed by atoms with Crippen LogP contribution >= 0.6 is 15.9 Å². The van der Waals surface area contributed by atoms with Crippen molar-refractivity contribution in [2.75, 3.05) is 43.9 Å². The van der Waals surface area contributed by atoms with Gasteiger partial charge in [0.2, 0.25) is 11.8 Å². The highest BCUT2D eigenvalue weighted by molar-refractivity contribution is 9.10. The van der Waals surface area contributed by atoms with Crippen molar-refractivity contribution in [1.29, 1.82) is 0 Å². The molecule has 0 unspecified atom stereocenters. The van der Waals surface area contributed by atoms with Gasteiger partial charge in [0.25, 0.3) is 11.8 Å². The summed E-state index contributed by atoms with van der Waals surface area (Å²) in [5.74, 6) is -2.57. The van der Waals surface area contributed by atoms with E-state index < -0.39 is 71.0 Å². The van der Waals surface area contributed by atoms with Gasteiger partial charge < -0.3 is 30.5 Å². The number of rotatable bonds is 6. The number of nitrogens with one attached hydrogen (secondary N) is 3. The molecule has 10 nitrogen and oxygen atoms in total. The molecule has 0 radical (unpaired) electrons. The molecule has 0 saturated carbocycles. The van der Waals surface area contributed by atoms with Gasteiger partial charge in [0.1, 0.15) is 11.8 Å². The number of halogens is 1. The first-order valence-electron chi connectivity index (χ1n) is 18.7. The van der Waals surface area contributed by atoms with Gasteiger partial charge in [-0.05, 0) is 116 Å². The maximum Gasteiger partial charge on any atom is 0.256 e. The van der Waals surface area contributed by atoms with E-state index in [2.05, 4.69) is 36.8 Å². The number of aryl methyl sites for hydroxylation is 3. The van der Waals surface area contributed by atoms with E-state index in [9.17, 15) is 19.2 Å². The van der Waals surface area contributed by atoms with Gasteiger partial charge in [0, 0.05) is 43.0 Å². The summed E-state index contributed by atoms with van der Waals surface area (Å²) in [6, 6.07) is 7.37. The molecule has 4 amide bonds. The lowest BCUT2D eigenvalue weighted by Crippen LogP contribution is -2.50. The highest BCUT2D eigenvalue weighted by atomic mass is 79.9. The van der Waals surface area contributed by atoms with Gasteiger partial charge >= 0.3 is 0 Å². The molecule has 0 bridgehead atoms. The molecule has 2 aliphatic rings. The highest BCUT2D eigenvalue weighted by Gasteiger charge is 2.33. The molecule has 1 saturated heterocycles. The minimum absolute atomic E-state index is 0.0571. The molecular formula is C34H38BrN5O5. The predicted octanol–water partition coefficient (Wildman–Crippen LogP) is 5.25. The van der Waals surface area contributed by atoms with E-state index in [1.54, 1.807) is 17.0 Å². The van der Waals surface area contributed by atoms with Gasteiger partial charge in [0.15, 0.2) is 5.75 Å². The third-order valence-electron chi connectivity index (χ3n) is 7.66. The minimum Gasteiger partial charge on any atom is -0.455 e. The van der Waals surface area contributed by atoms with Crippen molar-refractivity contribution in [2.45, 2.75) is 46.9 Å². The van der Waals surface area contributed by atoms with Crippen LogP contribution in [0, 0.1) is 34.4 Å². The van der Waals surface area contributed by atoms with E-state index in [-0.39, 0.29) is 35.0 Å². The molecule has 2 heterocycles. The highest BCUT2D eigenvalue weighted by Crippen LogP contribution is 2.37. The Morgan fingerprint density at radius 3 is 2.38 bits per heavy atom.